The smallest absolute Gasteiger partial charge is 0.132 e. The van der Waals surface area contributed by atoms with E-state index >= 15 is 0 Å². The van der Waals surface area contributed by atoms with Crippen molar-refractivity contribution in [2.75, 3.05) is 31.6 Å². The van der Waals surface area contributed by atoms with Crippen LogP contribution < -0.4 is 10.2 Å². The third-order valence-corrected chi connectivity index (χ3v) is 3.91. The third-order valence-electron chi connectivity index (χ3n) is 3.91. The molecule has 1 aliphatic heterocycles. The van der Waals surface area contributed by atoms with Crippen LogP contribution in [0.15, 0.2) is 12.3 Å². The van der Waals surface area contributed by atoms with Crippen molar-refractivity contribution in [3.05, 3.63) is 23.4 Å². The highest BCUT2D eigenvalue weighted by atomic mass is 15.2. The second-order valence-corrected chi connectivity index (χ2v) is 5.90. The van der Waals surface area contributed by atoms with Gasteiger partial charge in [0.25, 0.3) is 0 Å². The maximum atomic E-state index is 4.64. The number of nitrogens with one attached hydrogen (secondary N) is 1. The van der Waals surface area contributed by atoms with E-state index in [-0.39, 0.29) is 0 Å². The van der Waals surface area contributed by atoms with Crippen LogP contribution in [0, 0.1) is 5.92 Å². The molecule has 0 aliphatic carbocycles. The number of aromatic nitrogens is 1. The third kappa shape index (κ3) is 3.69. The van der Waals surface area contributed by atoms with E-state index in [1.54, 1.807) is 0 Å². The van der Waals surface area contributed by atoms with Gasteiger partial charge >= 0.3 is 0 Å². The molecular weight excluding hydrogens is 234 g/mol. The van der Waals surface area contributed by atoms with Gasteiger partial charge in [-0.3, -0.25) is 0 Å². The molecule has 0 spiro atoms. The lowest BCUT2D eigenvalue weighted by atomic mass is 9.95. The summed E-state index contributed by atoms with van der Waals surface area (Å²) < 4.78 is 0. The van der Waals surface area contributed by atoms with Gasteiger partial charge in [0.1, 0.15) is 5.82 Å². The van der Waals surface area contributed by atoms with E-state index in [1.165, 1.54) is 42.6 Å². The zero-order chi connectivity index (χ0) is 13.7. The first-order valence-corrected chi connectivity index (χ1v) is 7.58. The van der Waals surface area contributed by atoms with Crippen LogP contribution in [0.3, 0.4) is 0 Å². The van der Waals surface area contributed by atoms with Crippen molar-refractivity contribution in [2.24, 2.45) is 5.92 Å². The van der Waals surface area contributed by atoms with Crippen molar-refractivity contribution in [3.8, 4) is 0 Å². The molecule has 1 N–H and O–H groups in total. The van der Waals surface area contributed by atoms with E-state index in [1.807, 2.05) is 13.2 Å². The first-order valence-electron chi connectivity index (χ1n) is 7.58. The molecule has 0 saturated heterocycles. The fraction of sp³-hybridized carbons (Fsp3) is 0.688. The van der Waals surface area contributed by atoms with Gasteiger partial charge in [-0.05, 0) is 55.8 Å². The first-order chi connectivity index (χ1) is 9.22. The Balaban J connectivity index is 2.15. The van der Waals surface area contributed by atoms with Crippen LogP contribution in [0.5, 0.6) is 0 Å². The largest absolute Gasteiger partial charge is 0.355 e. The summed E-state index contributed by atoms with van der Waals surface area (Å²) in [6, 6.07) is 2.22. The van der Waals surface area contributed by atoms with E-state index in [0.29, 0.717) is 0 Å². The summed E-state index contributed by atoms with van der Waals surface area (Å²) in [5.74, 6) is 2.01. The number of rotatable bonds is 6. The molecule has 0 unspecified atom stereocenters. The summed E-state index contributed by atoms with van der Waals surface area (Å²) in [5, 5.41) is 3.23. The summed E-state index contributed by atoms with van der Waals surface area (Å²) in [6.45, 7) is 7.83. The lowest BCUT2D eigenvalue weighted by Gasteiger charge is -2.31. The molecular formula is C16H27N3. The Morgan fingerprint density at radius 1 is 1.42 bits per heavy atom. The lowest BCUT2D eigenvalue weighted by molar-refractivity contribution is 0.580. The molecule has 1 aromatic heterocycles. The van der Waals surface area contributed by atoms with Crippen LogP contribution in [0.2, 0.25) is 0 Å². The Labute approximate surface area is 117 Å². The Morgan fingerprint density at radius 2 is 2.26 bits per heavy atom. The zero-order valence-corrected chi connectivity index (χ0v) is 12.6. The second-order valence-electron chi connectivity index (χ2n) is 5.90. The van der Waals surface area contributed by atoms with Gasteiger partial charge in [-0.2, -0.15) is 0 Å². The minimum Gasteiger partial charge on any atom is -0.355 e. The molecule has 0 saturated carbocycles. The summed E-state index contributed by atoms with van der Waals surface area (Å²) >= 11 is 0. The van der Waals surface area contributed by atoms with E-state index in [2.05, 4.69) is 35.1 Å². The summed E-state index contributed by atoms with van der Waals surface area (Å²) in [4.78, 5) is 7.08. The van der Waals surface area contributed by atoms with Crippen molar-refractivity contribution in [1.29, 1.82) is 0 Å². The number of anilines is 1. The predicted octanol–water partition coefficient (Wildman–Crippen LogP) is 2.64. The average molecular weight is 261 g/mol. The van der Waals surface area contributed by atoms with Crippen LogP contribution in [0.4, 0.5) is 5.82 Å². The predicted molar refractivity (Wildman–Crippen MR) is 81.9 cm³/mol. The van der Waals surface area contributed by atoms with Crippen LogP contribution in [-0.4, -0.2) is 31.7 Å². The van der Waals surface area contributed by atoms with Gasteiger partial charge in [-0.1, -0.05) is 13.8 Å². The standard InChI is InChI=1S/C16H27N3/c1-13(2)6-7-14-8-9-18-16-15(14)5-4-11-19(16)12-10-17-3/h8-9,13,17H,4-7,10-12H2,1-3H3. The highest BCUT2D eigenvalue weighted by molar-refractivity contribution is 5.52. The molecule has 0 atom stereocenters. The lowest BCUT2D eigenvalue weighted by Crippen LogP contribution is -2.35. The molecule has 19 heavy (non-hydrogen) atoms. The van der Waals surface area contributed by atoms with Crippen LogP contribution in [0.25, 0.3) is 0 Å². The quantitative estimate of drug-likeness (QED) is 0.853. The van der Waals surface area contributed by atoms with E-state index in [0.717, 1.165) is 25.6 Å². The zero-order valence-electron chi connectivity index (χ0n) is 12.6. The highest BCUT2D eigenvalue weighted by Gasteiger charge is 2.20. The molecule has 3 heteroatoms. The number of fused-ring (bicyclic) bond motifs is 1. The molecule has 0 aromatic carbocycles. The number of pyridine rings is 1. The molecule has 0 amide bonds. The van der Waals surface area contributed by atoms with Gasteiger partial charge in [0.15, 0.2) is 0 Å². The number of likely N-dealkylation sites (N-methyl/N-ethyl adjacent to an activating group) is 1. The van der Waals surface area contributed by atoms with Crippen molar-refractivity contribution in [3.63, 3.8) is 0 Å². The molecule has 1 aliphatic rings. The molecule has 2 heterocycles. The molecule has 0 bridgehead atoms. The van der Waals surface area contributed by atoms with Gasteiger partial charge in [-0.25, -0.2) is 4.98 Å². The van der Waals surface area contributed by atoms with Crippen molar-refractivity contribution in [2.45, 2.75) is 39.5 Å². The van der Waals surface area contributed by atoms with Crippen LogP contribution >= 0.6 is 0 Å². The van der Waals surface area contributed by atoms with Gasteiger partial charge in [0, 0.05) is 25.8 Å². The average Bonchev–Trinajstić information content (AvgIpc) is 2.42. The van der Waals surface area contributed by atoms with Crippen LogP contribution in [0.1, 0.15) is 37.8 Å². The van der Waals surface area contributed by atoms with Gasteiger partial charge in [-0.15, -0.1) is 0 Å². The molecule has 1 aromatic rings. The number of aryl methyl sites for hydroxylation is 1. The van der Waals surface area contributed by atoms with Crippen molar-refractivity contribution < 1.29 is 0 Å². The molecule has 2 rings (SSSR count). The van der Waals surface area contributed by atoms with E-state index in [9.17, 15) is 0 Å². The summed E-state index contributed by atoms with van der Waals surface area (Å²) in [5.41, 5.74) is 3.03. The highest BCUT2D eigenvalue weighted by Crippen LogP contribution is 2.28. The second kappa shape index (κ2) is 6.90. The Hall–Kier alpha value is -1.09. The van der Waals surface area contributed by atoms with E-state index < -0.39 is 0 Å². The Morgan fingerprint density at radius 3 is 3.00 bits per heavy atom. The maximum Gasteiger partial charge on any atom is 0.132 e. The van der Waals surface area contributed by atoms with Crippen LogP contribution in [-0.2, 0) is 12.8 Å². The summed E-state index contributed by atoms with van der Waals surface area (Å²) in [6.07, 6.45) is 6.92. The van der Waals surface area contributed by atoms with Gasteiger partial charge in [0.05, 0.1) is 0 Å². The van der Waals surface area contributed by atoms with Crippen molar-refractivity contribution >= 4 is 5.82 Å². The first kappa shape index (κ1) is 14.3. The Kier molecular flexibility index (Phi) is 5.20. The Bertz CT molecular complexity index is 401. The van der Waals surface area contributed by atoms with Crippen molar-refractivity contribution in [1.82, 2.24) is 10.3 Å². The number of hydrogen-bond donors (Lipinski definition) is 1. The monoisotopic (exact) mass is 261 g/mol. The fourth-order valence-corrected chi connectivity index (χ4v) is 2.76. The fourth-order valence-electron chi connectivity index (χ4n) is 2.76. The molecule has 3 nitrogen and oxygen atoms in total. The molecule has 106 valence electrons. The topological polar surface area (TPSA) is 28.2 Å². The van der Waals surface area contributed by atoms with Gasteiger partial charge in [0.2, 0.25) is 0 Å². The minimum absolute atomic E-state index is 0.771. The van der Waals surface area contributed by atoms with E-state index in [4.69, 9.17) is 0 Å². The molecule has 0 fully saturated rings. The number of nitrogens with zero attached hydrogens (tertiary/aromatic N) is 2. The summed E-state index contributed by atoms with van der Waals surface area (Å²) in [7, 11) is 2.01. The molecule has 0 radical (unpaired) electrons. The normalized spacial score (nSPS) is 14.8. The minimum atomic E-state index is 0.771. The van der Waals surface area contributed by atoms with Gasteiger partial charge < -0.3 is 10.2 Å². The SMILES string of the molecule is CNCCN1CCCc2c(CCC(C)C)ccnc21. The maximum absolute atomic E-state index is 4.64. The number of hydrogen-bond acceptors (Lipinski definition) is 3.